The van der Waals surface area contributed by atoms with Crippen molar-refractivity contribution < 1.29 is 0 Å². The predicted molar refractivity (Wildman–Crippen MR) is 77.8 cm³/mol. The van der Waals surface area contributed by atoms with Crippen LogP contribution in [-0.4, -0.2) is 29.6 Å². The summed E-state index contributed by atoms with van der Waals surface area (Å²) in [4.78, 5) is 11.1. The maximum atomic E-state index is 5.45. The third-order valence-corrected chi connectivity index (χ3v) is 3.19. The van der Waals surface area contributed by atoms with E-state index in [9.17, 15) is 0 Å². The first-order chi connectivity index (χ1) is 9.33. The minimum atomic E-state index is 0.608. The molecule has 0 saturated heterocycles. The quantitative estimate of drug-likeness (QED) is 0.570. The molecule has 4 heteroatoms. The van der Waals surface area contributed by atoms with E-state index in [0.29, 0.717) is 6.54 Å². The molecule has 0 atom stereocenters. The van der Waals surface area contributed by atoms with Gasteiger partial charge >= 0.3 is 0 Å². The minimum Gasteiger partial charge on any atom is -0.344 e. The van der Waals surface area contributed by atoms with Gasteiger partial charge < -0.3 is 10.2 Å². The fraction of sp³-hybridized carbons (Fsp3) is 0.600. The Bertz CT molecular complexity index is 434. The third-order valence-electron chi connectivity index (χ3n) is 3.19. The highest BCUT2D eigenvalue weighted by Crippen LogP contribution is 2.30. The lowest BCUT2D eigenvalue weighted by Crippen LogP contribution is -2.27. The van der Waals surface area contributed by atoms with Crippen molar-refractivity contribution in [1.29, 1.82) is 0 Å². The van der Waals surface area contributed by atoms with Gasteiger partial charge in [-0.3, -0.25) is 4.98 Å². The van der Waals surface area contributed by atoms with Crippen molar-refractivity contribution in [3.8, 4) is 12.3 Å². The van der Waals surface area contributed by atoms with Gasteiger partial charge in [0.05, 0.1) is 18.4 Å². The van der Waals surface area contributed by atoms with Crippen molar-refractivity contribution in [1.82, 2.24) is 15.3 Å². The summed E-state index contributed by atoms with van der Waals surface area (Å²) in [7, 11) is 0. The maximum absolute atomic E-state index is 5.45. The first-order valence-electron chi connectivity index (χ1n) is 7.03. The average Bonchev–Trinajstić information content (AvgIpc) is 3.23. The Balaban J connectivity index is 1.99. The molecule has 1 saturated carbocycles. The summed E-state index contributed by atoms with van der Waals surface area (Å²) in [6.45, 7) is 5.53. The van der Waals surface area contributed by atoms with Gasteiger partial charge in [0.2, 0.25) is 0 Å². The van der Waals surface area contributed by atoms with Crippen LogP contribution in [0.3, 0.4) is 0 Å². The lowest BCUT2D eigenvalue weighted by atomic mass is 10.3. The Kier molecular flexibility index (Phi) is 5.17. The lowest BCUT2D eigenvalue weighted by Gasteiger charge is -2.21. The zero-order valence-corrected chi connectivity index (χ0v) is 11.6. The van der Waals surface area contributed by atoms with Gasteiger partial charge in [0.25, 0.3) is 0 Å². The van der Waals surface area contributed by atoms with Crippen molar-refractivity contribution in [2.75, 3.05) is 24.5 Å². The smallest absolute Gasteiger partial charge is 0.148 e. The Morgan fingerprint density at radius 3 is 3.00 bits per heavy atom. The molecule has 1 N–H and O–H groups in total. The number of hydrogen-bond acceptors (Lipinski definition) is 4. The van der Waals surface area contributed by atoms with Gasteiger partial charge in [-0.25, -0.2) is 4.98 Å². The van der Waals surface area contributed by atoms with Crippen molar-refractivity contribution >= 4 is 5.82 Å². The average molecular weight is 258 g/mol. The number of terminal acetylenes is 1. The summed E-state index contributed by atoms with van der Waals surface area (Å²) in [5.74, 6) is 4.41. The van der Waals surface area contributed by atoms with Gasteiger partial charge in [-0.05, 0) is 31.7 Å². The SMILES string of the molecule is C#CCN(CC1CC1)c1cncc(CNCCC)n1. The van der Waals surface area contributed by atoms with Crippen LogP contribution in [0.5, 0.6) is 0 Å². The van der Waals surface area contributed by atoms with Crippen molar-refractivity contribution in [2.24, 2.45) is 5.92 Å². The highest BCUT2D eigenvalue weighted by molar-refractivity contribution is 5.38. The van der Waals surface area contributed by atoms with E-state index in [1.54, 1.807) is 0 Å². The molecule has 2 rings (SSSR count). The second-order valence-electron chi connectivity index (χ2n) is 5.07. The highest BCUT2D eigenvalue weighted by Gasteiger charge is 2.24. The first kappa shape index (κ1) is 13.8. The first-order valence-corrected chi connectivity index (χ1v) is 7.03. The molecule has 1 aliphatic carbocycles. The van der Waals surface area contributed by atoms with E-state index in [0.717, 1.165) is 43.5 Å². The molecule has 0 bridgehead atoms. The molecule has 1 fully saturated rings. The molecule has 0 unspecified atom stereocenters. The van der Waals surface area contributed by atoms with Crippen LogP contribution < -0.4 is 10.2 Å². The fourth-order valence-electron chi connectivity index (χ4n) is 1.99. The molecule has 1 aliphatic rings. The molecular formula is C15H22N4. The number of hydrogen-bond donors (Lipinski definition) is 1. The van der Waals surface area contributed by atoms with Crippen LogP contribution >= 0.6 is 0 Å². The fourth-order valence-corrected chi connectivity index (χ4v) is 1.99. The highest BCUT2D eigenvalue weighted by atomic mass is 15.2. The molecule has 0 amide bonds. The molecule has 19 heavy (non-hydrogen) atoms. The van der Waals surface area contributed by atoms with Gasteiger partial charge in [0.15, 0.2) is 0 Å². The number of nitrogens with zero attached hydrogens (tertiary/aromatic N) is 3. The summed E-state index contributed by atoms with van der Waals surface area (Å²) in [5, 5.41) is 3.34. The number of anilines is 1. The Labute approximate surface area is 115 Å². The Hall–Kier alpha value is -1.60. The summed E-state index contributed by atoms with van der Waals surface area (Å²) in [5.41, 5.74) is 0.976. The molecule has 1 heterocycles. The maximum Gasteiger partial charge on any atom is 0.148 e. The van der Waals surface area contributed by atoms with E-state index in [-0.39, 0.29) is 0 Å². The largest absolute Gasteiger partial charge is 0.344 e. The number of aromatic nitrogens is 2. The number of nitrogens with one attached hydrogen (secondary N) is 1. The van der Waals surface area contributed by atoms with E-state index < -0.39 is 0 Å². The molecular weight excluding hydrogens is 236 g/mol. The van der Waals surface area contributed by atoms with Crippen molar-refractivity contribution in [2.45, 2.75) is 32.7 Å². The lowest BCUT2D eigenvalue weighted by molar-refractivity contribution is 0.659. The summed E-state index contributed by atoms with van der Waals surface area (Å²) in [6, 6.07) is 0. The van der Waals surface area contributed by atoms with Crippen LogP contribution in [0.2, 0.25) is 0 Å². The van der Waals surface area contributed by atoms with Crippen LogP contribution in [-0.2, 0) is 6.54 Å². The zero-order chi connectivity index (χ0) is 13.5. The van der Waals surface area contributed by atoms with Crippen LogP contribution in [0, 0.1) is 18.3 Å². The summed E-state index contributed by atoms with van der Waals surface area (Å²) >= 11 is 0. The van der Waals surface area contributed by atoms with Crippen LogP contribution in [0.1, 0.15) is 31.9 Å². The summed E-state index contributed by atoms with van der Waals surface area (Å²) < 4.78 is 0. The minimum absolute atomic E-state index is 0.608. The Morgan fingerprint density at radius 1 is 1.47 bits per heavy atom. The molecule has 1 aromatic heterocycles. The van der Waals surface area contributed by atoms with Crippen LogP contribution in [0.15, 0.2) is 12.4 Å². The molecule has 0 radical (unpaired) electrons. The van der Waals surface area contributed by atoms with Crippen LogP contribution in [0.25, 0.3) is 0 Å². The van der Waals surface area contributed by atoms with E-state index >= 15 is 0 Å². The molecule has 0 aromatic carbocycles. The van der Waals surface area contributed by atoms with Gasteiger partial charge in [-0.2, -0.15) is 0 Å². The molecule has 0 aliphatic heterocycles. The molecule has 102 valence electrons. The second kappa shape index (κ2) is 7.10. The van der Waals surface area contributed by atoms with E-state index in [1.165, 1.54) is 12.8 Å². The topological polar surface area (TPSA) is 41.1 Å². The summed E-state index contributed by atoms with van der Waals surface area (Å²) in [6.07, 6.45) is 12.8. The Morgan fingerprint density at radius 2 is 2.32 bits per heavy atom. The van der Waals surface area contributed by atoms with Gasteiger partial charge in [0.1, 0.15) is 5.82 Å². The second-order valence-corrected chi connectivity index (χ2v) is 5.07. The van der Waals surface area contributed by atoms with Crippen molar-refractivity contribution in [3.05, 3.63) is 18.1 Å². The monoisotopic (exact) mass is 258 g/mol. The van der Waals surface area contributed by atoms with Crippen molar-refractivity contribution in [3.63, 3.8) is 0 Å². The zero-order valence-electron chi connectivity index (χ0n) is 11.6. The van der Waals surface area contributed by atoms with Gasteiger partial charge in [0, 0.05) is 19.3 Å². The standard InChI is InChI=1S/C15H22N4/c1-3-7-16-9-14-10-17-11-15(18-14)19(8-4-2)12-13-5-6-13/h2,10-11,13,16H,3,5-9,12H2,1H3. The van der Waals surface area contributed by atoms with Gasteiger partial charge in [-0.1, -0.05) is 12.8 Å². The van der Waals surface area contributed by atoms with E-state index in [4.69, 9.17) is 6.42 Å². The molecule has 1 aromatic rings. The number of rotatable bonds is 8. The van der Waals surface area contributed by atoms with Gasteiger partial charge in [-0.15, -0.1) is 6.42 Å². The molecule has 4 nitrogen and oxygen atoms in total. The van der Waals surface area contributed by atoms with E-state index in [2.05, 4.69) is 33.0 Å². The van der Waals surface area contributed by atoms with E-state index in [1.807, 2.05) is 12.4 Å². The van der Waals surface area contributed by atoms with Crippen LogP contribution in [0.4, 0.5) is 5.82 Å². The predicted octanol–water partition coefficient (Wildman–Crippen LogP) is 1.83. The molecule has 0 spiro atoms. The normalized spacial score (nSPS) is 14.1. The third kappa shape index (κ3) is 4.53.